The highest BCUT2D eigenvalue weighted by atomic mass is 35.5. The maximum atomic E-state index is 13.5. The van der Waals surface area contributed by atoms with Crippen LogP contribution in [-0.4, -0.2) is 36.4 Å². The van der Waals surface area contributed by atoms with Crippen molar-refractivity contribution in [2.75, 3.05) is 13.7 Å². The first kappa shape index (κ1) is 25.6. The first-order valence-corrected chi connectivity index (χ1v) is 11.7. The molecule has 3 aromatic carbocycles. The molecule has 178 valence electrons. The summed E-state index contributed by atoms with van der Waals surface area (Å²) in [5, 5.41) is 3.62. The van der Waals surface area contributed by atoms with Crippen molar-refractivity contribution in [2.45, 2.75) is 32.9 Å². The van der Waals surface area contributed by atoms with E-state index in [0.29, 0.717) is 27.8 Å². The fourth-order valence-electron chi connectivity index (χ4n) is 3.64. The maximum absolute atomic E-state index is 13.5. The minimum absolute atomic E-state index is 0.135. The van der Waals surface area contributed by atoms with E-state index in [9.17, 15) is 9.59 Å². The van der Waals surface area contributed by atoms with Gasteiger partial charge in [0.15, 0.2) is 6.61 Å². The Hall–Kier alpha value is -3.02. The molecule has 0 saturated carbocycles. The van der Waals surface area contributed by atoms with E-state index in [1.165, 1.54) is 4.90 Å². The van der Waals surface area contributed by atoms with Gasteiger partial charge in [-0.05, 0) is 54.3 Å². The second kappa shape index (κ2) is 11.9. The van der Waals surface area contributed by atoms with Gasteiger partial charge in [0, 0.05) is 30.1 Å². The van der Waals surface area contributed by atoms with Gasteiger partial charge in [0.25, 0.3) is 5.91 Å². The van der Waals surface area contributed by atoms with E-state index >= 15 is 0 Å². The van der Waals surface area contributed by atoms with Gasteiger partial charge in [0.05, 0.1) is 0 Å². The Labute approximate surface area is 210 Å². The van der Waals surface area contributed by atoms with E-state index in [-0.39, 0.29) is 25.0 Å². The summed E-state index contributed by atoms with van der Waals surface area (Å²) in [4.78, 5) is 28.0. The molecule has 0 spiro atoms. The number of hydrogen-bond acceptors (Lipinski definition) is 3. The van der Waals surface area contributed by atoms with Gasteiger partial charge in [-0.2, -0.15) is 0 Å². The van der Waals surface area contributed by atoms with Gasteiger partial charge in [-0.1, -0.05) is 71.7 Å². The van der Waals surface area contributed by atoms with Crippen molar-refractivity contribution in [1.29, 1.82) is 0 Å². The molecule has 0 fully saturated rings. The fourth-order valence-corrected chi connectivity index (χ4v) is 4.11. The van der Waals surface area contributed by atoms with E-state index in [1.54, 1.807) is 25.2 Å². The summed E-state index contributed by atoms with van der Waals surface area (Å²) < 4.78 is 5.88. The predicted molar refractivity (Wildman–Crippen MR) is 136 cm³/mol. The van der Waals surface area contributed by atoms with Crippen LogP contribution in [0, 0.1) is 13.8 Å². The van der Waals surface area contributed by atoms with Crippen LogP contribution in [0.3, 0.4) is 0 Å². The van der Waals surface area contributed by atoms with E-state index in [1.807, 2.05) is 62.4 Å². The van der Waals surface area contributed by atoms with Crippen LogP contribution in [0.1, 0.15) is 22.3 Å². The van der Waals surface area contributed by atoms with Crippen LogP contribution in [0.15, 0.2) is 66.7 Å². The lowest BCUT2D eigenvalue weighted by Gasteiger charge is -2.31. The third kappa shape index (κ3) is 6.75. The van der Waals surface area contributed by atoms with Crippen molar-refractivity contribution in [1.82, 2.24) is 10.2 Å². The van der Waals surface area contributed by atoms with Crippen LogP contribution in [0.2, 0.25) is 10.0 Å². The number of hydrogen-bond donors (Lipinski definition) is 1. The molecule has 0 radical (unpaired) electrons. The molecule has 34 heavy (non-hydrogen) atoms. The first-order chi connectivity index (χ1) is 16.3. The highest BCUT2D eigenvalue weighted by Gasteiger charge is 2.30. The molecule has 0 unspecified atom stereocenters. The number of nitrogens with zero attached hydrogens (tertiary/aromatic N) is 1. The molecular formula is C27H28Cl2N2O3. The summed E-state index contributed by atoms with van der Waals surface area (Å²) in [6, 6.07) is 19.8. The van der Waals surface area contributed by atoms with Crippen molar-refractivity contribution >= 4 is 35.0 Å². The zero-order valence-electron chi connectivity index (χ0n) is 19.5. The number of aryl methyl sites for hydroxylation is 2. The summed E-state index contributed by atoms with van der Waals surface area (Å²) in [5.41, 5.74) is 3.59. The standard InChI is InChI=1S/C27H28Cl2N2O3/c1-18-9-10-19(2)25(13-18)34-17-26(32)31(16-21-11-12-22(28)15-23(21)29)24(27(33)30-3)14-20-7-5-4-6-8-20/h4-13,15,24H,14,16-17H2,1-3H3,(H,30,33)/t24-/m0/s1. The van der Waals surface area contributed by atoms with Crippen LogP contribution in [0.5, 0.6) is 5.75 Å². The smallest absolute Gasteiger partial charge is 0.261 e. The number of ether oxygens (including phenoxy) is 1. The summed E-state index contributed by atoms with van der Waals surface area (Å²) in [6.07, 6.45) is 0.348. The van der Waals surface area contributed by atoms with E-state index in [4.69, 9.17) is 27.9 Å². The topological polar surface area (TPSA) is 58.6 Å². The van der Waals surface area contributed by atoms with Gasteiger partial charge in [-0.25, -0.2) is 0 Å². The fraction of sp³-hybridized carbons (Fsp3) is 0.259. The minimum Gasteiger partial charge on any atom is -0.483 e. The van der Waals surface area contributed by atoms with Crippen molar-refractivity contribution in [3.63, 3.8) is 0 Å². The number of benzene rings is 3. The highest BCUT2D eigenvalue weighted by molar-refractivity contribution is 6.35. The molecule has 5 nitrogen and oxygen atoms in total. The van der Waals surface area contributed by atoms with Crippen LogP contribution in [-0.2, 0) is 22.6 Å². The van der Waals surface area contributed by atoms with Crippen molar-refractivity contribution in [3.05, 3.63) is 99.0 Å². The number of likely N-dealkylation sites (N-methyl/N-ethyl adjacent to an activating group) is 1. The van der Waals surface area contributed by atoms with Gasteiger partial charge in [-0.15, -0.1) is 0 Å². The average molecular weight is 499 g/mol. The first-order valence-electron chi connectivity index (χ1n) is 11.0. The highest BCUT2D eigenvalue weighted by Crippen LogP contribution is 2.25. The SMILES string of the molecule is CNC(=O)[C@H](Cc1ccccc1)N(Cc1ccc(Cl)cc1Cl)C(=O)COc1cc(C)ccc1C. The van der Waals surface area contributed by atoms with Gasteiger partial charge in [0.1, 0.15) is 11.8 Å². The monoisotopic (exact) mass is 498 g/mol. The number of carbonyl (C=O) groups is 2. The number of carbonyl (C=O) groups excluding carboxylic acids is 2. The molecule has 0 bridgehead atoms. The molecule has 1 atom stereocenters. The quantitative estimate of drug-likeness (QED) is 0.431. The third-order valence-electron chi connectivity index (χ3n) is 5.57. The molecule has 1 N–H and O–H groups in total. The molecule has 0 saturated heterocycles. The molecule has 3 aromatic rings. The number of amides is 2. The summed E-state index contributed by atoms with van der Waals surface area (Å²) in [7, 11) is 1.56. The zero-order valence-corrected chi connectivity index (χ0v) is 21.0. The summed E-state index contributed by atoms with van der Waals surface area (Å²) >= 11 is 12.5. The van der Waals surface area contributed by atoms with Gasteiger partial charge in [-0.3, -0.25) is 9.59 Å². The molecule has 0 aliphatic heterocycles. The molecule has 0 aliphatic carbocycles. The Balaban J connectivity index is 1.92. The second-order valence-corrected chi connectivity index (χ2v) is 8.98. The molecule has 0 aromatic heterocycles. The van der Waals surface area contributed by atoms with Crippen LogP contribution in [0.25, 0.3) is 0 Å². The van der Waals surface area contributed by atoms with Crippen molar-refractivity contribution in [2.24, 2.45) is 0 Å². The van der Waals surface area contributed by atoms with Gasteiger partial charge in [0.2, 0.25) is 5.91 Å². The number of nitrogens with one attached hydrogen (secondary N) is 1. The number of rotatable bonds is 9. The Bertz CT molecular complexity index is 1150. The minimum atomic E-state index is -0.756. The lowest BCUT2D eigenvalue weighted by molar-refractivity contribution is -0.142. The van der Waals surface area contributed by atoms with Crippen LogP contribution < -0.4 is 10.1 Å². The Morgan fingerprint density at radius 1 is 1.00 bits per heavy atom. The van der Waals surface area contributed by atoms with Crippen molar-refractivity contribution in [3.8, 4) is 5.75 Å². The largest absolute Gasteiger partial charge is 0.483 e. The molecule has 0 aliphatic rings. The summed E-state index contributed by atoms with van der Waals surface area (Å²) in [6.45, 7) is 3.81. The average Bonchev–Trinajstić information content (AvgIpc) is 2.83. The van der Waals surface area contributed by atoms with E-state index in [2.05, 4.69) is 5.32 Å². The summed E-state index contributed by atoms with van der Waals surface area (Å²) in [5.74, 6) is 0.0443. The molecular weight excluding hydrogens is 471 g/mol. The Morgan fingerprint density at radius 2 is 1.74 bits per heavy atom. The zero-order chi connectivity index (χ0) is 24.7. The number of halogens is 2. The second-order valence-electron chi connectivity index (χ2n) is 8.13. The van der Waals surface area contributed by atoms with E-state index < -0.39 is 6.04 Å². The molecule has 3 rings (SSSR count). The predicted octanol–water partition coefficient (Wildman–Crippen LogP) is 5.38. The molecule has 2 amide bonds. The van der Waals surface area contributed by atoms with E-state index in [0.717, 1.165) is 16.7 Å². The van der Waals surface area contributed by atoms with Gasteiger partial charge < -0.3 is 15.0 Å². The molecule has 0 heterocycles. The van der Waals surface area contributed by atoms with Crippen LogP contribution >= 0.6 is 23.2 Å². The molecule has 7 heteroatoms. The van der Waals surface area contributed by atoms with Gasteiger partial charge >= 0.3 is 0 Å². The van der Waals surface area contributed by atoms with Crippen LogP contribution in [0.4, 0.5) is 0 Å². The lowest BCUT2D eigenvalue weighted by Crippen LogP contribution is -2.51. The Kier molecular flexibility index (Phi) is 8.97. The lowest BCUT2D eigenvalue weighted by atomic mass is 10.0. The Morgan fingerprint density at radius 3 is 2.41 bits per heavy atom. The van der Waals surface area contributed by atoms with Crippen molar-refractivity contribution < 1.29 is 14.3 Å². The maximum Gasteiger partial charge on any atom is 0.261 e. The third-order valence-corrected chi connectivity index (χ3v) is 6.16. The normalized spacial score (nSPS) is 11.6.